The van der Waals surface area contributed by atoms with Gasteiger partial charge < -0.3 is 16.2 Å². The molecule has 0 atom stereocenters. The Morgan fingerprint density at radius 3 is 2.38 bits per heavy atom. The maximum Gasteiger partial charge on any atom is 0.416 e. The lowest BCUT2D eigenvalue weighted by Gasteiger charge is -2.18. The molecule has 2 aliphatic rings. The van der Waals surface area contributed by atoms with Crippen LogP contribution in [0.3, 0.4) is 0 Å². The lowest BCUT2D eigenvalue weighted by Crippen LogP contribution is -2.15. The van der Waals surface area contributed by atoms with E-state index < -0.39 is 11.7 Å². The molecule has 0 bridgehead atoms. The van der Waals surface area contributed by atoms with Gasteiger partial charge in [0.1, 0.15) is 5.75 Å². The number of allylic oxidation sites excluding steroid dienone is 2. The normalized spacial score (nSPS) is 19.5. The number of phenols is 1. The molecular formula is C18H21F3N2O. The Kier molecular flexibility index (Phi) is 4.47. The van der Waals surface area contributed by atoms with Crippen LogP contribution in [0.2, 0.25) is 0 Å². The molecule has 0 spiro atoms. The molecule has 1 heterocycles. The fourth-order valence-corrected chi connectivity index (χ4v) is 3.47. The smallest absolute Gasteiger partial charge is 0.416 e. The molecule has 1 aromatic rings. The molecule has 1 aliphatic carbocycles. The standard InChI is InChI=1S/C18H21F3N2O/c19-18(20,21)11-6-7-14(16(24)10-11)17-13-5-3-1-2-4-12(13)15(22)8-9-23-17/h6-7,10,23-24H,1-5,8-9,22H2. The third kappa shape index (κ3) is 3.23. The molecule has 0 aromatic heterocycles. The van der Waals surface area contributed by atoms with Crippen molar-refractivity contribution in [2.45, 2.75) is 44.7 Å². The van der Waals surface area contributed by atoms with E-state index in [-0.39, 0.29) is 5.75 Å². The van der Waals surface area contributed by atoms with Crippen molar-refractivity contribution in [3.63, 3.8) is 0 Å². The monoisotopic (exact) mass is 338 g/mol. The zero-order valence-corrected chi connectivity index (χ0v) is 13.3. The molecule has 130 valence electrons. The topological polar surface area (TPSA) is 58.3 Å². The Labute approximate surface area is 139 Å². The van der Waals surface area contributed by atoms with Crippen molar-refractivity contribution in [1.29, 1.82) is 0 Å². The first-order chi connectivity index (χ1) is 11.4. The largest absolute Gasteiger partial charge is 0.507 e. The first-order valence-corrected chi connectivity index (χ1v) is 8.23. The predicted octanol–water partition coefficient (Wildman–Crippen LogP) is 4.29. The van der Waals surface area contributed by atoms with Crippen molar-refractivity contribution in [1.82, 2.24) is 5.32 Å². The summed E-state index contributed by atoms with van der Waals surface area (Å²) in [6, 6.07) is 3.15. The van der Waals surface area contributed by atoms with Crippen molar-refractivity contribution in [2.75, 3.05) is 6.54 Å². The minimum atomic E-state index is -4.47. The molecule has 0 unspecified atom stereocenters. The van der Waals surface area contributed by atoms with Crippen molar-refractivity contribution in [3.8, 4) is 5.75 Å². The van der Waals surface area contributed by atoms with E-state index in [0.29, 0.717) is 18.5 Å². The number of phenolic OH excluding ortho intramolecular Hbond substituents is 1. The average Bonchev–Trinajstić information content (AvgIpc) is 2.83. The summed E-state index contributed by atoms with van der Waals surface area (Å²) in [7, 11) is 0. The number of nitrogens with one attached hydrogen (secondary N) is 1. The molecule has 0 amide bonds. The quantitative estimate of drug-likeness (QED) is 0.716. The van der Waals surface area contributed by atoms with Crippen molar-refractivity contribution in [2.24, 2.45) is 5.73 Å². The number of aromatic hydroxyl groups is 1. The molecular weight excluding hydrogens is 317 g/mol. The molecule has 1 fully saturated rings. The second-order valence-electron chi connectivity index (χ2n) is 6.32. The summed E-state index contributed by atoms with van der Waals surface area (Å²) in [6.45, 7) is 0.606. The molecule has 6 heteroatoms. The van der Waals surface area contributed by atoms with E-state index >= 15 is 0 Å². The van der Waals surface area contributed by atoms with E-state index in [1.807, 2.05) is 0 Å². The summed E-state index contributed by atoms with van der Waals surface area (Å²) in [4.78, 5) is 0. The van der Waals surface area contributed by atoms with Crippen LogP contribution in [-0.2, 0) is 6.18 Å². The minimum absolute atomic E-state index is 0.358. The SMILES string of the molecule is NC1=C2CCCCCC2=C(c2ccc(C(F)(F)F)cc2O)NCC1. The van der Waals surface area contributed by atoms with E-state index in [2.05, 4.69) is 5.32 Å². The van der Waals surface area contributed by atoms with E-state index in [0.717, 1.165) is 66.8 Å². The van der Waals surface area contributed by atoms with Crippen LogP contribution in [0.1, 0.15) is 49.7 Å². The van der Waals surface area contributed by atoms with Crippen LogP contribution in [0.4, 0.5) is 13.2 Å². The fourth-order valence-electron chi connectivity index (χ4n) is 3.47. The predicted molar refractivity (Wildman–Crippen MR) is 86.9 cm³/mol. The van der Waals surface area contributed by atoms with Crippen molar-refractivity contribution < 1.29 is 18.3 Å². The minimum Gasteiger partial charge on any atom is -0.507 e. The van der Waals surface area contributed by atoms with Crippen LogP contribution < -0.4 is 11.1 Å². The van der Waals surface area contributed by atoms with E-state index in [1.54, 1.807) is 0 Å². The third-order valence-electron chi connectivity index (χ3n) is 4.70. The van der Waals surface area contributed by atoms with Gasteiger partial charge in [-0.25, -0.2) is 0 Å². The third-order valence-corrected chi connectivity index (χ3v) is 4.70. The molecule has 4 N–H and O–H groups in total. The Morgan fingerprint density at radius 1 is 1.00 bits per heavy atom. The van der Waals surface area contributed by atoms with Gasteiger partial charge in [-0.1, -0.05) is 6.42 Å². The maximum absolute atomic E-state index is 12.8. The van der Waals surface area contributed by atoms with Gasteiger partial charge >= 0.3 is 6.18 Å². The molecule has 0 saturated heterocycles. The van der Waals surface area contributed by atoms with Crippen LogP contribution >= 0.6 is 0 Å². The summed E-state index contributed by atoms with van der Waals surface area (Å²) >= 11 is 0. The molecule has 1 aliphatic heterocycles. The number of rotatable bonds is 1. The number of hydrogen-bond acceptors (Lipinski definition) is 3. The van der Waals surface area contributed by atoms with Gasteiger partial charge in [-0.05, 0) is 55.0 Å². The van der Waals surface area contributed by atoms with Gasteiger partial charge in [0.05, 0.1) is 5.56 Å². The number of alkyl halides is 3. The Morgan fingerprint density at radius 2 is 1.71 bits per heavy atom. The lowest BCUT2D eigenvalue weighted by atomic mass is 9.94. The molecule has 24 heavy (non-hydrogen) atoms. The second-order valence-corrected chi connectivity index (χ2v) is 6.32. The van der Waals surface area contributed by atoms with Crippen LogP contribution in [0.25, 0.3) is 5.70 Å². The number of fused-ring (bicyclic) bond motifs is 1. The molecule has 1 aromatic carbocycles. The van der Waals surface area contributed by atoms with Crippen molar-refractivity contribution in [3.05, 3.63) is 46.2 Å². The number of hydrogen-bond donors (Lipinski definition) is 3. The van der Waals surface area contributed by atoms with E-state index in [4.69, 9.17) is 5.73 Å². The van der Waals surface area contributed by atoms with Crippen molar-refractivity contribution >= 4 is 5.70 Å². The average molecular weight is 338 g/mol. The number of benzene rings is 1. The first-order valence-electron chi connectivity index (χ1n) is 8.23. The van der Waals surface area contributed by atoms with Crippen LogP contribution in [-0.4, -0.2) is 11.7 Å². The Bertz CT molecular complexity index is 705. The van der Waals surface area contributed by atoms with Gasteiger partial charge in [-0.2, -0.15) is 13.2 Å². The van der Waals surface area contributed by atoms with Crippen LogP contribution in [0, 0.1) is 0 Å². The highest BCUT2D eigenvalue weighted by Gasteiger charge is 2.32. The lowest BCUT2D eigenvalue weighted by molar-refractivity contribution is -0.137. The zero-order valence-electron chi connectivity index (χ0n) is 13.3. The van der Waals surface area contributed by atoms with Crippen LogP contribution in [0.5, 0.6) is 5.75 Å². The fraction of sp³-hybridized carbons (Fsp3) is 0.444. The summed E-state index contributed by atoms with van der Waals surface area (Å²) in [5.74, 6) is -0.358. The van der Waals surface area contributed by atoms with E-state index in [9.17, 15) is 18.3 Å². The number of halogens is 3. The maximum atomic E-state index is 12.8. The van der Waals surface area contributed by atoms with E-state index in [1.165, 1.54) is 6.07 Å². The summed E-state index contributed by atoms with van der Waals surface area (Å²) in [5, 5.41) is 13.5. The second kappa shape index (κ2) is 6.42. The van der Waals surface area contributed by atoms with Gasteiger partial charge in [0.15, 0.2) is 0 Å². The summed E-state index contributed by atoms with van der Waals surface area (Å²) < 4.78 is 38.5. The molecule has 3 nitrogen and oxygen atoms in total. The van der Waals surface area contributed by atoms with Gasteiger partial charge in [-0.3, -0.25) is 0 Å². The zero-order chi connectivity index (χ0) is 17.3. The Hall–Kier alpha value is -2.11. The van der Waals surface area contributed by atoms with Crippen LogP contribution in [0.15, 0.2) is 35.0 Å². The van der Waals surface area contributed by atoms with Gasteiger partial charge in [0.2, 0.25) is 0 Å². The highest BCUT2D eigenvalue weighted by molar-refractivity contribution is 5.76. The molecule has 0 radical (unpaired) electrons. The first kappa shape index (κ1) is 16.7. The summed E-state index contributed by atoms with van der Waals surface area (Å²) in [5.41, 5.74) is 9.49. The summed E-state index contributed by atoms with van der Waals surface area (Å²) in [6.07, 6.45) is 1.11. The van der Waals surface area contributed by atoms with Gasteiger partial charge in [0.25, 0.3) is 0 Å². The highest BCUT2D eigenvalue weighted by atomic mass is 19.4. The van der Waals surface area contributed by atoms with Gasteiger partial charge in [0, 0.05) is 29.9 Å². The molecule has 3 rings (SSSR count). The Balaban J connectivity index is 2.11. The molecule has 1 saturated carbocycles. The van der Waals surface area contributed by atoms with Gasteiger partial charge in [-0.15, -0.1) is 0 Å². The highest BCUT2D eigenvalue weighted by Crippen LogP contribution is 2.39. The number of nitrogens with two attached hydrogens (primary N) is 1.